The number of hydrogen-bond acceptors (Lipinski definition) is 2. The third-order valence-electron chi connectivity index (χ3n) is 1.11. The van der Waals surface area contributed by atoms with E-state index in [1.165, 1.54) is 0 Å². The molecule has 0 aliphatic heterocycles. The van der Waals surface area contributed by atoms with E-state index in [0.717, 1.165) is 12.3 Å². The molecule has 0 aliphatic rings. The predicted molar refractivity (Wildman–Crippen MR) is 36.5 cm³/mol. The van der Waals surface area contributed by atoms with Gasteiger partial charge in [0.2, 0.25) is 0 Å². The van der Waals surface area contributed by atoms with Crippen molar-refractivity contribution in [3.63, 3.8) is 0 Å². The van der Waals surface area contributed by atoms with Gasteiger partial charge in [0.1, 0.15) is 7.85 Å². The number of nitrogens with zero attached hydrogens (tertiary/aromatic N) is 1. The lowest BCUT2D eigenvalue weighted by molar-refractivity contribution is 0.0692. The number of carbonyl (C=O) groups is 1. The SMILES string of the molecule is [B]c1cc(C(=O)O)c(F)cn1. The Morgan fingerprint density at radius 2 is 2.36 bits per heavy atom. The second-order valence-electron chi connectivity index (χ2n) is 1.89. The second-order valence-corrected chi connectivity index (χ2v) is 1.89. The zero-order valence-corrected chi connectivity index (χ0v) is 5.41. The first-order valence-electron chi connectivity index (χ1n) is 2.75. The minimum atomic E-state index is -1.35. The highest BCUT2D eigenvalue weighted by atomic mass is 19.1. The summed E-state index contributed by atoms with van der Waals surface area (Å²) in [7, 11) is 5.12. The van der Waals surface area contributed by atoms with Gasteiger partial charge in [-0.2, -0.15) is 0 Å². The average molecular weight is 151 g/mol. The van der Waals surface area contributed by atoms with Gasteiger partial charge < -0.3 is 5.11 Å². The molecule has 0 aromatic carbocycles. The van der Waals surface area contributed by atoms with Crippen LogP contribution in [0.5, 0.6) is 0 Å². The molecule has 0 atom stereocenters. The number of rotatable bonds is 1. The Bertz CT molecular complexity index is 303. The highest BCUT2D eigenvalue weighted by Crippen LogP contribution is 2.01. The van der Waals surface area contributed by atoms with Crippen molar-refractivity contribution in [1.82, 2.24) is 4.98 Å². The van der Waals surface area contributed by atoms with Crippen molar-refractivity contribution in [2.75, 3.05) is 0 Å². The lowest BCUT2D eigenvalue weighted by atomic mass is 10.0. The van der Waals surface area contributed by atoms with E-state index in [0.29, 0.717) is 0 Å². The molecular weight excluding hydrogens is 148 g/mol. The summed E-state index contributed by atoms with van der Waals surface area (Å²) in [4.78, 5) is 13.6. The smallest absolute Gasteiger partial charge is 0.338 e. The zero-order valence-electron chi connectivity index (χ0n) is 5.41. The Hall–Kier alpha value is -1.39. The minimum absolute atomic E-state index is 0.0104. The van der Waals surface area contributed by atoms with Crippen LogP contribution in [0.3, 0.4) is 0 Å². The van der Waals surface area contributed by atoms with Crippen LogP contribution < -0.4 is 5.59 Å². The first kappa shape index (κ1) is 7.72. The Morgan fingerprint density at radius 3 is 2.82 bits per heavy atom. The van der Waals surface area contributed by atoms with E-state index in [9.17, 15) is 9.18 Å². The highest BCUT2D eigenvalue weighted by molar-refractivity contribution is 6.30. The average Bonchev–Trinajstić information content (AvgIpc) is 1.94. The van der Waals surface area contributed by atoms with E-state index in [4.69, 9.17) is 13.0 Å². The molecule has 2 radical (unpaired) electrons. The Balaban J connectivity index is 3.23. The summed E-state index contributed by atoms with van der Waals surface area (Å²) in [5, 5.41) is 8.37. The maximum atomic E-state index is 12.5. The van der Waals surface area contributed by atoms with Gasteiger partial charge in [-0.1, -0.05) is 0 Å². The maximum absolute atomic E-state index is 12.5. The minimum Gasteiger partial charge on any atom is -0.478 e. The molecule has 1 N–H and O–H groups in total. The topological polar surface area (TPSA) is 50.2 Å². The number of aromatic carboxylic acids is 1. The van der Waals surface area contributed by atoms with Crippen LogP contribution in [0, 0.1) is 5.82 Å². The number of hydrogen-bond donors (Lipinski definition) is 1. The van der Waals surface area contributed by atoms with Gasteiger partial charge in [0.05, 0.1) is 11.8 Å². The summed E-state index contributed by atoms with van der Waals surface area (Å²) in [5.74, 6) is -2.23. The van der Waals surface area contributed by atoms with E-state index < -0.39 is 17.3 Å². The fourth-order valence-corrected chi connectivity index (χ4v) is 0.619. The van der Waals surface area contributed by atoms with Crippen molar-refractivity contribution < 1.29 is 14.3 Å². The molecule has 1 rings (SSSR count). The summed E-state index contributed by atoms with van der Waals surface area (Å²) < 4.78 is 12.5. The van der Waals surface area contributed by atoms with Crippen molar-refractivity contribution in [2.24, 2.45) is 0 Å². The molecule has 0 saturated heterocycles. The van der Waals surface area contributed by atoms with Crippen LogP contribution in [0.15, 0.2) is 12.3 Å². The maximum Gasteiger partial charge on any atom is 0.338 e. The predicted octanol–water partition coefficient (Wildman–Crippen LogP) is -0.287. The molecule has 11 heavy (non-hydrogen) atoms. The molecule has 0 unspecified atom stereocenters. The molecule has 1 aromatic heterocycles. The van der Waals surface area contributed by atoms with Gasteiger partial charge in [-0.3, -0.25) is 4.98 Å². The second kappa shape index (κ2) is 2.69. The van der Waals surface area contributed by atoms with Crippen molar-refractivity contribution in [3.05, 3.63) is 23.6 Å². The first-order chi connectivity index (χ1) is 5.11. The van der Waals surface area contributed by atoms with Crippen LogP contribution in [-0.2, 0) is 0 Å². The molecule has 0 bridgehead atoms. The van der Waals surface area contributed by atoms with Crippen molar-refractivity contribution in [3.8, 4) is 0 Å². The molecule has 1 heterocycles. The Morgan fingerprint density at radius 1 is 1.73 bits per heavy atom. The quantitative estimate of drug-likeness (QED) is 0.561. The summed E-state index contributed by atoms with van der Waals surface area (Å²) in [6, 6.07) is 0.970. The molecule has 0 fully saturated rings. The van der Waals surface area contributed by atoms with Gasteiger partial charge in [-0.05, 0) is 11.7 Å². The number of halogens is 1. The third kappa shape index (κ3) is 1.55. The van der Waals surface area contributed by atoms with Crippen LogP contribution in [0.1, 0.15) is 10.4 Å². The summed E-state index contributed by atoms with van der Waals surface area (Å²) in [5.41, 5.74) is -0.471. The van der Waals surface area contributed by atoms with Crippen molar-refractivity contribution >= 4 is 19.4 Å². The molecule has 0 spiro atoms. The van der Waals surface area contributed by atoms with Gasteiger partial charge in [-0.25, -0.2) is 9.18 Å². The van der Waals surface area contributed by atoms with Gasteiger partial charge in [0.15, 0.2) is 5.82 Å². The largest absolute Gasteiger partial charge is 0.478 e. The summed E-state index contributed by atoms with van der Waals surface area (Å²) in [6.07, 6.45) is 0.777. The van der Waals surface area contributed by atoms with E-state index in [-0.39, 0.29) is 5.59 Å². The summed E-state index contributed by atoms with van der Waals surface area (Å²) >= 11 is 0. The Kier molecular flexibility index (Phi) is 1.89. The number of carboxylic acid groups (broad SMARTS) is 1. The fourth-order valence-electron chi connectivity index (χ4n) is 0.619. The molecule has 0 amide bonds. The summed E-state index contributed by atoms with van der Waals surface area (Å²) in [6.45, 7) is 0. The number of carboxylic acids is 1. The molecule has 0 aliphatic carbocycles. The Labute approximate surface area is 63.3 Å². The standard InChI is InChI=1S/C6H3BFNO2/c7-5-1-3(6(10)11)4(8)2-9-5/h1-2H,(H,10,11). The number of pyridine rings is 1. The van der Waals surface area contributed by atoms with Gasteiger partial charge >= 0.3 is 5.97 Å². The fraction of sp³-hybridized carbons (Fsp3) is 0. The lowest BCUT2D eigenvalue weighted by Crippen LogP contribution is -2.13. The molecule has 54 valence electrons. The monoisotopic (exact) mass is 151 g/mol. The van der Waals surface area contributed by atoms with Gasteiger partial charge in [0.25, 0.3) is 0 Å². The van der Waals surface area contributed by atoms with Gasteiger partial charge in [-0.15, -0.1) is 0 Å². The van der Waals surface area contributed by atoms with Crippen molar-refractivity contribution in [1.29, 1.82) is 0 Å². The molecule has 5 heteroatoms. The van der Waals surface area contributed by atoms with E-state index in [1.807, 2.05) is 0 Å². The molecule has 1 aromatic rings. The molecule has 3 nitrogen and oxygen atoms in total. The van der Waals surface area contributed by atoms with Crippen LogP contribution in [-0.4, -0.2) is 23.9 Å². The van der Waals surface area contributed by atoms with Gasteiger partial charge in [0, 0.05) is 0 Å². The number of aromatic nitrogens is 1. The van der Waals surface area contributed by atoms with E-state index in [1.54, 1.807) is 0 Å². The molecular formula is C6H3BFNO2. The van der Waals surface area contributed by atoms with Crippen LogP contribution in [0.25, 0.3) is 0 Å². The highest BCUT2D eigenvalue weighted by Gasteiger charge is 2.09. The van der Waals surface area contributed by atoms with Crippen LogP contribution in [0.2, 0.25) is 0 Å². The first-order valence-corrected chi connectivity index (χ1v) is 2.75. The normalized spacial score (nSPS) is 9.55. The van der Waals surface area contributed by atoms with Crippen LogP contribution >= 0.6 is 0 Å². The third-order valence-corrected chi connectivity index (χ3v) is 1.11. The zero-order chi connectivity index (χ0) is 8.43. The van der Waals surface area contributed by atoms with Crippen molar-refractivity contribution in [2.45, 2.75) is 0 Å². The van der Waals surface area contributed by atoms with E-state index >= 15 is 0 Å². The molecule has 0 saturated carbocycles. The van der Waals surface area contributed by atoms with E-state index in [2.05, 4.69) is 4.98 Å². The van der Waals surface area contributed by atoms with Crippen LogP contribution in [0.4, 0.5) is 4.39 Å². The lowest BCUT2D eigenvalue weighted by Gasteiger charge is -1.96.